The Morgan fingerprint density at radius 3 is 2.47 bits per heavy atom. The minimum absolute atomic E-state index is 0.130. The first-order valence-electron chi connectivity index (χ1n) is 7.90. The van der Waals surface area contributed by atoms with E-state index in [9.17, 15) is 9.90 Å². The van der Waals surface area contributed by atoms with Crippen LogP contribution in [0.15, 0.2) is 0 Å². The lowest BCUT2D eigenvalue weighted by molar-refractivity contribution is -0.121. The van der Waals surface area contributed by atoms with E-state index in [0.29, 0.717) is 31.0 Å². The highest BCUT2D eigenvalue weighted by molar-refractivity contribution is 5.78. The number of carbonyl (C=O) groups is 1. The summed E-state index contributed by atoms with van der Waals surface area (Å²) in [7, 11) is 0. The summed E-state index contributed by atoms with van der Waals surface area (Å²) in [6.45, 7) is 1.58. The minimum Gasteiger partial charge on any atom is -0.396 e. The second kappa shape index (κ2) is 7.85. The Morgan fingerprint density at radius 1 is 1.00 bits per heavy atom. The zero-order valence-electron chi connectivity index (χ0n) is 11.9. The number of rotatable bonds is 6. The predicted molar refractivity (Wildman–Crippen MR) is 75.8 cm³/mol. The van der Waals surface area contributed by atoms with E-state index in [1.165, 1.54) is 32.1 Å². The van der Waals surface area contributed by atoms with Gasteiger partial charge in [-0.1, -0.05) is 25.7 Å². The van der Waals surface area contributed by atoms with Gasteiger partial charge in [0, 0.05) is 12.6 Å². The molecular weight excluding hydrogens is 240 g/mol. The molecule has 0 heterocycles. The van der Waals surface area contributed by atoms with Gasteiger partial charge >= 0.3 is 0 Å². The molecule has 19 heavy (non-hydrogen) atoms. The van der Waals surface area contributed by atoms with Crippen LogP contribution in [0.5, 0.6) is 0 Å². The Bertz CT molecular complexity index is 277. The van der Waals surface area contributed by atoms with Crippen LogP contribution in [-0.4, -0.2) is 36.8 Å². The summed E-state index contributed by atoms with van der Waals surface area (Å²) in [6.07, 6.45) is 9.62. The van der Waals surface area contributed by atoms with Crippen LogP contribution in [0.1, 0.15) is 51.4 Å². The summed E-state index contributed by atoms with van der Waals surface area (Å²) in [6, 6.07) is 0.403. The summed E-state index contributed by atoms with van der Waals surface area (Å²) in [5.74, 6) is 1.12. The van der Waals surface area contributed by atoms with Crippen molar-refractivity contribution in [3.63, 3.8) is 0 Å². The van der Waals surface area contributed by atoms with Crippen molar-refractivity contribution in [2.45, 2.75) is 57.4 Å². The maximum atomic E-state index is 11.8. The van der Waals surface area contributed by atoms with Gasteiger partial charge in [-0.3, -0.25) is 4.79 Å². The Kier molecular flexibility index (Phi) is 6.11. The number of hydrogen-bond acceptors (Lipinski definition) is 3. The van der Waals surface area contributed by atoms with Crippen molar-refractivity contribution in [1.82, 2.24) is 10.6 Å². The molecule has 2 aliphatic rings. The molecule has 0 radical (unpaired) electrons. The van der Waals surface area contributed by atoms with Gasteiger partial charge in [-0.05, 0) is 44.1 Å². The van der Waals surface area contributed by atoms with E-state index in [0.717, 1.165) is 25.8 Å². The molecule has 2 unspecified atom stereocenters. The largest absolute Gasteiger partial charge is 0.396 e. The normalized spacial score (nSPS) is 28.5. The molecule has 3 N–H and O–H groups in total. The highest BCUT2D eigenvalue weighted by Crippen LogP contribution is 2.30. The fourth-order valence-electron chi connectivity index (χ4n) is 3.52. The second-order valence-electron chi connectivity index (χ2n) is 6.17. The molecule has 2 saturated carbocycles. The van der Waals surface area contributed by atoms with Crippen molar-refractivity contribution in [3.05, 3.63) is 0 Å². The quantitative estimate of drug-likeness (QED) is 0.683. The first-order valence-corrected chi connectivity index (χ1v) is 7.90. The van der Waals surface area contributed by atoms with Gasteiger partial charge < -0.3 is 15.7 Å². The second-order valence-corrected chi connectivity index (χ2v) is 6.17. The standard InChI is InChI=1S/C15H28N2O2/c18-11-13-6-4-5-12(13)9-16-10-15(19)17-14-7-2-1-3-8-14/h12-14,16,18H,1-11H2,(H,17,19). The molecule has 0 aromatic heterocycles. The Morgan fingerprint density at radius 2 is 1.74 bits per heavy atom. The highest BCUT2D eigenvalue weighted by atomic mass is 16.3. The van der Waals surface area contributed by atoms with Crippen molar-refractivity contribution >= 4 is 5.91 Å². The minimum atomic E-state index is 0.130. The first-order chi connectivity index (χ1) is 9.29. The zero-order valence-corrected chi connectivity index (χ0v) is 11.9. The Labute approximate surface area is 116 Å². The van der Waals surface area contributed by atoms with Crippen LogP contribution >= 0.6 is 0 Å². The van der Waals surface area contributed by atoms with E-state index in [1.54, 1.807) is 0 Å². The van der Waals surface area contributed by atoms with Gasteiger partial charge in [0.25, 0.3) is 0 Å². The van der Waals surface area contributed by atoms with E-state index in [1.807, 2.05) is 0 Å². The average molecular weight is 268 g/mol. The lowest BCUT2D eigenvalue weighted by Gasteiger charge is -2.23. The van der Waals surface area contributed by atoms with Gasteiger partial charge in [0.2, 0.25) is 5.91 Å². The molecule has 4 heteroatoms. The molecule has 1 amide bonds. The average Bonchev–Trinajstić information content (AvgIpc) is 2.87. The SMILES string of the molecule is O=C(CNCC1CCCC1CO)NC1CCCCC1. The summed E-state index contributed by atoms with van der Waals surface area (Å²) in [5, 5.41) is 15.6. The van der Waals surface area contributed by atoms with Gasteiger partial charge in [-0.2, -0.15) is 0 Å². The van der Waals surface area contributed by atoms with E-state index in [2.05, 4.69) is 10.6 Å². The molecule has 4 nitrogen and oxygen atoms in total. The monoisotopic (exact) mass is 268 g/mol. The van der Waals surface area contributed by atoms with Crippen LogP contribution in [0.4, 0.5) is 0 Å². The summed E-state index contributed by atoms with van der Waals surface area (Å²) >= 11 is 0. The maximum absolute atomic E-state index is 11.8. The number of aliphatic hydroxyl groups is 1. The third-order valence-electron chi connectivity index (χ3n) is 4.71. The van der Waals surface area contributed by atoms with Gasteiger partial charge in [0.05, 0.1) is 6.54 Å². The number of aliphatic hydroxyl groups excluding tert-OH is 1. The highest BCUT2D eigenvalue weighted by Gasteiger charge is 2.26. The molecule has 2 aliphatic carbocycles. The lowest BCUT2D eigenvalue weighted by Crippen LogP contribution is -2.42. The van der Waals surface area contributed by atoms with Gasteiger partial charge in [0.1, 0.15) is 0 Å². The van der Waals surface area contributed by atoms with Crippen LogP contribution in [0.25, 0.3) is 0 Å². The van der Waals surface area contributed by atoms with Gasteiger partial charge in [-0.25, -0.2) is 0 Å². The van der Waals surface area contributed by atoms with E-state index in [-0.39, 0.29) is 5.91 Å². The molecular formula is C15H28N2O2. The lowest BCUT2D eigenvalue weighted by atomic mass is 9.95. The van der Waals surface area contributed by atoms with Gasteiger partial charge in [-0.15, -0.1) is 0 Å². The summed E-state index contributed by atoms with van der Waals surface area (Å²) in [4.78, 5) is 11.8. The Balaban J connectivity index is 1.58. The van der Waals surface area contributed by atoms with Gasteiger partial charge in [0.15, 0.2) is 0 Å². The summed E-state index contributed by atoms with van der Waals surface area (Å²) < 4.78 is 0. The molecule has 0 aromatic carbocycles. The van der Waals surface area contributed by atoms with Crippen LogP contribution < -0.4 is 10.6 Å². The van der Waals surface area contributed by atoms with E-state index < -0.39 is 0 Å². The topological polar surface area (TPSA) is 61.4 Å². The summed E-state index contributed by atoms with van der Waals surface area (Å²) in [5.41, 5.74) is 0. The molecule has 110 valence electrons. The molecule has 2 fully saturated rings. The molecule has 0 aliphatic heterocycles. The van der Waals surface area contributed by atoms with Crippen molar-refractivity contribution < 1.29 is 9.90 Å². The third kappa shape index (κ3) is 4.77. The molecule has 2 rings (SSSR count). The molecule has 0 spiro atoms. The fourth-order valence-corrected chi connectivity index (χ4v) is 3.52. The maximum Gasteiger partial charge on any atom is 0.234 e. The van der Waals surface area contributed by atoms with Crippen LogP contribution in [0, 0.1) is 11.8 Å². The predicted octanol–water partition coefficient (Wildman–Crippen LogP) is 1.43. The van der Waals surface area contributed by atoms with Crippen molar-refractivity contribution in [3.8, 4) is 0 Å². The number of carbonyl (C=O) groups excluding carboxylic acids is 1. The molecule has 0 aromatic rings. The van der Waals surface area contributed by atoms with E-state index >= 15 is 0 Å². The first kappa shape index (κ1) is 14.8. The van der Waals surface area contributed by atoms with Crippen LogP contribution in [-0.2, 0) is 4.79 Å². The number of nitrogens with one attached hydrogen (secondary N) is 2. The number of hydrogen-bond donors (Lipinski definition) is 3. The zero-order chi connectivity index (χ0) is 13.5. The Hall–Kier alpha value is -0.610. The molecule has 0 saturated heterocycles. The van der Waals surface area contributed by atoms with Crippen LogP contribution in [0.2, 0.25) is 0 Å². The van der Waals surface area contributed by atoms with Crippen molar-refractivity contribution in [1.29, 1.82) is 0 Å². The molecule has 2 atom stereocenters. The van der Waals surface area contributed by atoms with Crippen molar-refractivity contribution in [2.75, 3.05) is 19.7 Å². The van der Waals surface area contributed by atoms with E-state index in [4.69, 9.17) is 0 Å². The van der Waals surface area contributed by atoms with Crippen molar-refractivity contribution in [2.24, 2.45) is 11.8 Å². The number of amides is 1. The molecule has 0 bridgehead atoms. The third-order valence-corrected chi connectivity index (χ3v) is 4.71. The fraction of sp³-hybridized carbons (Fsp3) is 0.933. The smallest absolute Gasteiger partial charge is 0.234 e. The van der Waals surface area contributed by atoms with Crippen LogP contribution in [0.3, 0.4) is 0 Å².